The van der Waals surface area contributed by atoms with E-state index in [4.69, 9.17) is 4.74 Å². The molecule has 1 aliphatic rings. The second kappa shape index (κ2) is 7.01. The highest BCUT2D eigenvalue weighted by atomic mass is 32.2. The normalized spacial score (nSPS) is 18.3. The molecule has 146 valence electrons. The van der Waals surface area contributed by atoms with E-state index in [9.17, 15) is 22.7 Å². The van der Waals surface area contributed by atoms with Gasteiger partial charge in [-0.05, 0) is 26.3 Å². The maximum Gasteiger partial charge on any atom is 0.220 e. The van der Waals surface area contributed by atoms with Crippen LogP contribution in [0.25, 0.3) is 0 Å². The number of benzene rings is 1. The van der Waals surface area contributed by atoms with Crippen LogP contribution in [0.5, 0.6) is 5.88 Å². The first-order valence-corrected chi connectivity index (χ1v) is 10.0. The van der Waals surface area contributed by atoms with Gasteiger partial charge in [-0.2, -0.15) is 5.10 Å². The fourth-order valence-electron chi connectivity index (χ4n) is 3.19. The highest BCUT2D eigenvalue weighted by Crippen LogP contribution is 2.39. The molecule has 1 aromatic heterocycles. The lowest BCUT2D eigenvalue weighted by atomic mass is 9.97. The van der Waals surface area contributed by atoms with Crippen LogP contribution in [0.2, 0.25) is 0 Å². The molecule has 0 radical (unpaired) electrons. The maximum absolute atomic E-state index is 15.2. The van der Waals surface area contributed by atoms with Crippen molar-refractivity contribution in [2.75, 3.05) is 12.4 Å². The van der Waals surface area contributed by atoms with Crippen LogP contribution in [0.4, 0.5) is 8.78 Å². The largest absolute Gasteiger partial charge is 0.493 e. The molecule has 2 aromatic rings. The number of halogens is 2. The first-order valence-electron chi connectivity index (χ1n) is 8.38. The Hall–Kier alpha value is -2.33. The predicted molar refractivity (Wildman–Crippen MR) is 90.4 cm³/mol. The summed E-state index contributed by atoms with van der Waals surface area (Å²) in [5, 5.41) is 13.8. The van der Waals surface area contributed by atoms with Gasteiger partial charge in [-0.15, -0.1) is 0 Å². The van der Waals surface area contributed by atoms with E-state index in [2.05, 4.69) is 5.10 Å². The summed E-state index contributed by atoms with van der Waals surface area (Å²) in [6.07, 6.45) is 0.0213. The van der Waals surface area contributed by atoms with Gasteiger partial charge in [-0.25, -0.2) is 21.9 Å². The molecule has 0 saturated heterocycles. The Balaban J connectivity index is 2.22. The number of hydrogen-bond acceptors (Lipinski definition) is 6. The standard InChI is InChI=1S/C17H18F2N2O5S/c1-3-21-17(23)10(8-20-21)15(22)9-7-11(18)16-13(14(9)19)12(26-4-2)5-6-27(16,24)25/h7-8,12,23H,3-6H2,1-2H3. The Morgan fingerprint density at radius 3 is 2.67 bits per heavy atom. The van der Waals surface area contributed by atoms with Crippen LogP contribution < -0.4 is 0 Å². The Morgan fingerprint density at radius 1 is 1.37 bits per heavy atom. The number of ether oxygens (including phenoxy) is 1. The molecule has 3 rings (SSSR count). The highest BCUT2D eigenvalue weighted by molar-refractivity contribution is 7.91. The van der Waals surface area contributed by atoms with Crippen molar-refractivity contribution in [1.82, 2.24) is 9.78 Å². The fourth-order valence-corrected chi connectivity index (χ4v) is 4.83. The molecule has 1 N–H and O–H groups in total. The molecule has 0 spiro atoms. The molecule has 1 aliphatic heterocycles. The van der Waals surface area contributed by atoms with E-state index in [1.807, 2.05) is 0 Å². The van der Waals surface area contributed by atoms with Gasteiger partial charge in [0.25, 0.3) is 0 Å². The van der Waals surface area contributed by atoms with Crippen LogP contribution in [0.3, 0.4) is 0 Å². The topological polar surface area (TPSA) is 98.5 Å². The number of aromatic nitrogens is 2. The smallest absolute Gasteiger partial charge is 0.220 e. The summed E-state index contributed by atoms with van der Waals surface area (Å²) in [6.45, 7) is 3.75. The highest BCUT2D eigenvalue weighted by Gasteiger charge is 2.39. The number of sulfone groups is 1. The summed E-state index contributed by atoms with van der Waals surface area (Å²) in [6, 6.07) is 0.547. The molecule has 0 aliphatic carbocycles. The number of aryl methyl sites for hydroxylation is 1. The molecule has 27 heavy (non-hydrogen) atoms. The first kappa shape index (κ1) is 19.4. The van der Waals surface area contributed by atoms with Gasteiger partial charge in [0.05, 0.1) is 23.6 Å². The van der Waals surface area contributed by atoms with Crippen molar-refractivity contribution in [3.05, 3.63) is 40.6 Å². The van der Waals surface area contributed by atoms with E-state index < -0.39 is 55.3 Å². The van der Waals surface area contributed by atoms with Gasteiger partial charge < -0.3 is 9.84 Å². The maximum atomic E-state index is 15.2. The number of fused-ring (bicyclic) bond motifs is 1. The number of carbonyl (C=O) groups is 1. The monoisotopic (exact) mass is 400 g/mol. The van der Waals surface area contributed by atoms with Gasteiger partial charge in [-0.1, -0.05) is 0 Å². The van der Waals surface area contributed by atoms with E-state index in [0.29, 0.717) is 6.07 Å². The van der Waals surface area contributed by atoms with Gasteiger partial charge in [-0.3, -0.25) is 4.79 Å². The van der Waals surface area contributed by atoms with Crippen molar-refractivity contribution >= 4 is 15.6 Å². The van der Waals surface area contributed by atoms with Crippen molar-refractivity contribution in [2.24, 2.45) is 0 Å². The van der Waals surface area contributed by atoms with E-state index >= 15 is 4.39 Å². The number of rotatable bonds is 5. The van der Waals surface area contributed by atoms with Crippen molar-refractivity contribution in [2.45, 2.75) is 37.8 Å². The third-order valence-electron chi connectivity index (χ3n) is 4.46. The average molecular weight is 400 g/mol. The Labute approximate surface area is 154 Å². The van der Waals surface area contributed by atoms with Gasteiger partial charge in [0.1, 0.15) is 22.1 Å². The number of carbonyl (C=O) groups excluding carboxylic acids is 1. The summed E-state index contributed by atoms with van der Waals surface area (Å²) >= 11 is 0. The SMILES string of the molecule is CCOC1CCS(=O)(=O)c2c(F)cc(C(=O)c3cnn(CC)c3O)c(F)c21. The zero-order chi connectivity index (χ0) is 19.9. The second-order valence-electron chi connectivity index (χ2n) is 6.04. The minimum atomic E-state index is -4.03. The quantitative estimate of drug-likeness (QED) is 0.774. The molecule has 10 heteroatoms. The Bertz CT molecular complexity index is 1020. The van der Waals surface area contributed by atoms with Gasteiger partial charge in [0, 0.05) is 18.7 Å². The molecule has 1 aromatic carbocycles. The van der Waals surface area contributed by atoms with E-state index in [1.165, 1.54) is 0 Å². The van der Waals surface area contributed by atoms with Crippen LogP contribution in [-0.2, 0) is 21.1 Å². The van der Waals surface area contributed by atoms with Crippen molar-refractivity contribution in [3.8, 4) is 5.88 Å². The van der Waals surface area contributed by atoms with Crippen LogP contribution in [0.15, 0.2) is 17.2 Å². The Kier molecular flexibility index (Phi) is 5.04. The van der Waals surface area contributed by atoms with Gasteiger partial charge >= 0.3 is 0 Å². The molecule has 2 heterocycles. The fraction of sp³-hybridized carbons (Fsp3) is 0.412. The van der Waals surface area contributed by atoms with Crippen LogP contribution in [0, 0.1) is 11.6 Å². The lowest BCUT2D eigenvalue weighted by molar-refractivity contribution is 0.0532. The van der Waals surface area contributed by atoms with E-state index in [0.717, 1.165) is 10.9 Å². The van der Waals surface area contributed by atoms with E-state index in [1.54, 1.807) is 13.8 Å². The molecule has 0 amide bonds. The molecular weight excluding hydrogens is 382 g/mol. The lowest BCUT2D eigenvalue weighted by Crippen LogP contribution is -2.26. The average Bonchev–Trinajstić information content (AvgIpc) is 2.99. The third kappa shape index (κ3) is 3.12. The number of aromatic hydroxyl groups is 1. The van der Waals surface area contributed by atoms with Crippen molar-refractivity contribution in [3.63, 3.8) is 0 Å². The predicted octanol–water partition coefficient (Wildman–Crippen LogP) is 2.37. The summed E-state index contributed by atoms with van der Waals surface area (Å²) in [7, 11) is -4.03. The van der Waals surface area contributed by atoms with Crippen LogP contribution in [-0.4, -0.2) is 41.4 Å². The minimum absolute atomic E-state index is 0.0454. The number of ketones is 1. The zero-order valence-corrected chi connectivity index (χ0v) is 15.5. The summed E-state index contributed by atoms with van der Waals surface area (Å²) in [5.74, 6) is -4.24. The first-order chi connectivity index (χ1) is 12.7. The molecule has 7 nitrogen and oxygen atoms in total. The molecule has 1 unspecified atom stereocenters. The van der Waals surface area contributed by atoms with Gasteiger partial charge in [0.15, 0.2) is 9.84 Å². The van der Waals surface area contributed by atoms with Crippen LogP contribution in [0.1, 0.15) is 47.9 Å². The van der Waals surface area contributed by atoms with Crippen molar-refractivity contribution in [1.29, 1.82) is 0 Å². The molecule has 0 saturated carbocycles. The molecule has 0 bridgehead atoms. The summed E-state index contributed by atoms with van der Waals surface area (Å²) in [5.41, 5.74) is -1.46. The molecule has 1 atom stereocenters. The second-order valence-corrected chi connectivity index (χ2v) is 8.09. The number of nitrogens with zero attached hydrogens (tertiary/aromatic N) is 2. The van der Waals surface area contributed by atoms with E-state index in [-0.39, 0.29) is 30.9 Å². The zero-order valence-electron chi connectivity index (χ0n) is 14.7. The summed E-state index contributed by atoms with van der Waals surface area (Å²) in [4.78, 5) is 11.9. The van der Waals surface area contributed by atoms with Gasteiger partial charge in [0.2, 0.25) is 11.7 Å². The number of hydrogen-bond donors (Lipinski definition) is 1. The lowest BCUT2D eigenvalue weighted by Gasteiger charge is -2.26. The summed E-state index contributed by atoms with van der Waals surface area (Å²) < 4.78 is 60.8. The van der Waals surface area contributed by atoms with Crippen LogP contribution >= 0.6 is 0 Å². The third-order valence-corrected chi connectivity index (χ3v) is 6.27. The minimum Gasteiger partial charge on any atom is -0.493 e. The Morgan fingerprint density at radius 2 is 2.07 bits per heavy atom. The molecular formula is C17H18F2N2O5S. The molecule has 0 fully saturated rings. The van der Waals surface area contributed by atoms with Crippen molar-refractivity contribution < 1.29 is 31.8 Å².